The largest absolute Gasteiger partial charge is 0.361 e. The van der Waals surface area contributed by atoms with E-state index in [-0.39, 0.29) is 31.6 Å². The van der Waals surface area contributed by atoms with Gasteiger partial charge < -0.3 is 36.4 Å². The van der Waals surface area contributed by atoms with E-state index >= 15 is 0 Å². The van der Waals surface area contributed by atoms with Crippen LogP contribution in [-0.4, -0.2) is 99.0 Å². The molecular formula is C28H31N9O5. The summed E-state index contributed by atoms with van der Waals surface area (Å²) >= 11 is 0. The van der Waals surface area contributed by atoms with Crippen LogP contribution in [0.3, 0.4) is 0 Å². The number of carbonyl (C=O) groups is 3. The summed E-state index contributed by atoms with van der Waals surface area (Å²) in [5.74, 6) is -3.99. The van der Waals surface area contributed by atoms with Gasteiger partial charge in [-0.05, 0) is 48.6 Å². The molecule has 14 nitrogen and oxygen atoms in total. The number of fused-ring (bicyclic) bond motifs is 1. The summed E-state index contributed by atoms with van der Waals surface area (Å²) in [5.41, 5.74) is 1.24. The quantitative estimate of drug-likeness (QED) is 0.161. The van der Waals surface area contributed by atoms with Gasteiger partial charge in [0.25, 0.3) is 11.8 Å². The lowest BCUT2D eigenvalue weighted by molar-refractivity contribution is -0.232. The molecule has 0 bridgehead atoms. The van der Waals surface area contributed by atoms with Crippen molar-refractivity contribution in [1.82, 2.24) is 31.1 Å². The summed E-state index contributed by atoms with van der Waals surface area (Å²) in [6.07, 6.45) is 2.59. The van der Waals surface area contributed by atoms with E-state index in [9.17, 15) is 24.6 Å². The molecule has 0 saturated carbocycles. The Balaban J connectivity index is 1.16. The van der Waals surface area contributed by atoms with Crippen LogP contribution in [0.1, 0.15) is 27.9 Å². The number of aliphatic hydroxyl groups is 2. The number of hydrogen-bond acceptors (Lipinski definition) is 7. The molecule has 2 aromatic carbocycles. The van der Waals surface area contributed by atoms with Gasteiger partial charge in [0.05, 0.1) is 18.6 Å². The Morgan fingerprint density at radius 2 is 1.83 bits per heavy atom. The van der Waals surface area contributed by atoms with Gasteiger partial charge in [0.15, 0.2) is 17.6 Å². The fourth-order valence-corrected chi connectivity index (χ4v) is 7.13. The normalized spacial score (nSPS) is 29.1. The second-order valence-corrected chi connectivity index (χ2v) is 11.4. The van der Waals surface area contributed by atoms with Crippen LogP contribution in [0.2, 0.25) is 0 Å². The van der Waals surface area contributed by atoms with E-state index in [4.69, 9.17) is 10.8 Å². The first-order chi connectivity index (χ1) is 20.1. The first-order valence-electron chi connectivity index (χ1n) is 13.9. The van der Waals surface area contributed by atoms with Gasteiger partial charge in [-0.1, -0.05) is 30.3 Å². The van der Waals surface area contributed by atoms with Crippen molar-refractivity contribution in [3.8, 4) is 0 Å². The number of aryl methyl sites for hydroxylation is 1. The summed E-state index contributed by atoms with van der Waals surface area (Å²) in [4.78, 5) is 43.5. The van der Waals surface area contributed by atoms with Crippen molar-refractivity contribution in [3.63, 3.8) is 0 Å². The molecule has 4 fully saturated rings. The fraction of sp³-hybridized carbons (Fsp3) is 0.393. The van der Waals surface area contributed by atoms with Crippen LogP contribution in [0.5, 0.6) is 0 Å². The molecule has 4 heterocycles. The van der Waals surface area contributed by atoms with Crippen molar-refractivity contribution >= 4 is 35.5 Å². The zero-order chi connectivity index (χ0) is 29.4. The Bertz CT molecular complexity index is 1530. The first kappa shape index (κ1) is 26.2. The molecule has 1 spiro atoms. The van der Waals surface area contributed by atoms with Crippen LogP contribution in [0.15, 0.2) is 48.5 Å². The zero-order valence-electron chi connectivity index (χ0n) is 22.6. The van der Waals surface area contributed by atoms with Gasteiger partial charge in [0.2, 0.25) is 5.79 Å². The van der Waals surface area contributed by atoms with E-state index in [0.717, 1.165) is 35.3 Å². The zero-order valence-corrected chi connectivity index (χ0v) is 22.6. The van der Waals surface area contributed by atoms with E-state index < -0.39 is 47.4 Å². The Kier molecular flexibility index (Phi) is 5.72. The highest BCUT2D eigenvalue weighted by Crippen LogP contribution is 2.43. The average Bonchev–Trinajstić information content (AvgIpc) is 3.71. The third kappa shape index (κ3) is 3.61. The fourth-order valence-electron chi connectivity index (χ4n) is 7.13. The molecule has 2 aromatic rings. The van der Waals surface area contributed by atoms with Gasteiger partial charge in [-0.25, -0.2) is 4.79 Å². The number of urea groups is 1. The topological polar surface area (TPSA) is 197 Å². The summed E-state index contributed by atoms with van der Waals surface area (Å²) in [6.45, 7) is -0.499. The number of anilines is 1. The maximum absolute atomic E-state index is 13.4. The minimum atomic E-state index is -2.66. The maximum Gasteiger partial charge on any atom is 0.331 e. The van der Waals surface area contributed by atoms with Crippen LogP contribution in [0.4, 0.5) is 10.5 Å². The van der Waals surface area contributed by atoms with E-state index in [1.54, 1.807) is 36.4 Å². The summed E-state index contributed by atoms with van der Waals surface area (Å²) in [6, 6.07) is 10.7. The number of nitrogens with zero attached hydrogens (tertiary/aromatic N) is 3. The molecule has 0 radical (unpaired) electrons. The third-order valence-electron chi connectivity index (χ3n) is 9.10. The van der Waals surface area contributed by atoms with E-state index in [0.29, 0.717) is 11.3 Å². The van der Waals surface area contributed by atoms with Crippen molar-refractivity contribution in [2.24, 2.45) is 0 Å². The molecule has 3 unspecified atom stereocenters. The number of para-hydroxylation sites is 1. The Labute approximate surface area is 240 Å². The molecule has 42 heavy (non-hydrogen) atoms. The average molecular weight is 574 g/mol. The number of rotatable bonds is 5. The van der Waals surface area contributed by atoms with Gasteiger partial charge in [0.1, 0.15) is 12.6 Å². The lowest BCUT2D eigenvalue weighted by Crippen LogP contribution is -2.81. The van der Waals surface area contributed by atoms with Crippen LogP contribution < -0.4 is 26.2 Å². The standard InChI is InChI=1S/C28H31N9O5/c29-24-33-22-19(12-36-21(38)14-35(26(36)40)16-8-2-1-3-9-16)31-25(30)37-13-20(28(41,42)27(22,37)34-24)32-23(39)18-11-5-7-15-6-4-10-17(15)18/h1-3,5,7-9,11,19-20,22,41-42H,4,6,10,12-14H2,(H2,30,31)(H,32,39)(H3,29,33,34)/t19-,20?,22?,27?/m0/s1. The van der Waals surface area contributed by atoms with Gasteiger partial charge in [0, 0.05) is 17.8 Å². The lowest BCUT2D eigenvalue weighted by atomic mass is 9.84. The van der Waals surface area contributed by atoms with Crippen molar-refractivity contribution in [3.05, 3.63) is 65.2 Å². The Hall–Kier alpha value is -4.69. The van der Waals surface area contributed by atoms with Crippen molar-refractivity contribution in [1.29, 1.82) is 10.8 Å². The summed E-state index contributed by atoms with van der Waals surface area (Å²) in [5, 5.41) is 52.0. The maximum atomic E-state index is 13.4. The van der Waals surface area contributed by atoms with E-state index in [2.05, 4.69) is 21.3 Å². The van der Waals surface area contributed by atoms with Gasteiger partial charge in [-0.3, -0.25) is 30.2 Å². The monoisotopic (exact) mass is 573 g/mol. The Morgan fingerprint density at radius 3 is 2.62 bits per heavy atom. The molecule has 0 aromatic heterocycles. The highest BCUT2D eigenvalue weighted by Gasteiger charge is 2.74. The molecule has 4 saturated heterocycles. The molecule has 8 N–H and O–H groups in total. The van der Waals surface area contributed by atoms with Gasteiger partial charge in [-0.2, -0.15) is 0 Å². The second kappa shape index (κ2) is 9.16. The molecule has 4 atom stereocenters. The number of carbonyl (C=O) groups excluding carboxylic acids is 3. The van der Waals surface area contributed by atoms with E-state index in [1.807, 2.05) is 12.1 Å². The van der Waals surface area contributed by atoms with Crippen molar-refractivity contribution < 1.29 is 24.6 Å². The first-order valence-corrected chi connectivity index (χ1v) is 13.9. The SMILES string of the molecule is N=C1NC2[C@H](CN3C(=O)CN(c4ccccc4)C3=O)NC(=N)N3CC(NC(=O)c4cccc5c4CCC5)C(O)(O)C23N1. The molecule has 1 aliphatic carbocycles. The third-order valence-corrected chi connectivity index (χ3v) is 9.10. The highest BCUT2D eigenvalue weighted by molar-refractivity contribution is 6.12. The molecule has 5 aliphatic rings. The molecule has 4 aliphatic heterocycles. The molecule has 14 heteroatoms. The van der Waals surface area contributed by atoms with Gasteiger partial charge >= 0.3 is 6.03 Å². The molecule has 218 valence electrons. The smallest absolute Gasteiger partial charge is 0.331 e. The number of amides is 4. The Morgan fingerprint density at radius 1 is 1.05 bits per heavy atom. The minimum absolute atomic E-state index is 0.145. The van der Waals surface area contributed by atoms with Crippen LogP contribution in [0, 0.1) is 10.8 Å². The van der Waals surface area contributed by atoms with Gasteiger partial charge in [-0.15, -0.1) is 0 Å². The number of nitrogens with one attached hydrogen (secondary N) is 6. The summed E-state index contributed by atoms with van der Waals surface area (Å²) < 4.78 is 0. The molecular weight excluding hydrogens is 542 g/mol. The molecule has 4 amide bonds. The van der Waals surface area contributed by atoms with Crippen LogP contribution in [0.25, 0.3) is 0 Å². The number of hydrogen-bond donors (Lipinski definition) is 8. The van der Waals surface area contributed by atoms with Crippen LogP contribution in [-0.2, 0) is 17.6 Å². The minimum Gasteiger partial charge on any atom is -0.361 e. The van der Waals surface area contributed by atoms with E-state index in [1.165, 1.54) is 9.80 Å². The predicted octanol–water partition coefficient (Wildman–Crippen LogP) is -1.16. The summed E-state index contributed by atoms with van der Waals surface area (Å²) in [7, 11) is 0. The number of benzene rings is 2. The lowest BCUT2D eigenvalue weighted by Gasteiger charge is -2.51. The van der Waals surface area contributed by atoms with Crippen molar-refractivity contribution in [2.75, 3.05) is 24.5 Å². The highest BCUT2D eigenvalue weighted by atomic mass is 16.5. The second-order valence-electron chi connectivity index (χ2n) is 11.4. The number of imide groups is 1. The molecule has 7 rings (SSSR count). The van der Waals surface area contributed by atoms with Crippen molar-refractivity contribution in [2.45, 2.75) is 48.8 Å². The van der Waals surface area contributed by atoms with Crippen LogP contribution >= 0.6 is 0 Å². The number of guanidine groups is 2. The predicted molar refractivity (Wildman–Crippen MR) is 150 cm³/mol.